The van der Waals surface area contributed by atoms with E-state index in [0.717, 1.165) is 18.6 Å². The summed E-state index contributed by atoms with van der Waals surface area (Å²) in [5.41, 5.74) is 0.594. The lowest BCUT2D eigenvalue weighted by atomic mass is 9.89. The van der Waals surface area contributed by atoms with E-state index in [0.29, 0.717) is 5.57 Å². The number of fused-ring (bicyclic) bond motifs is 4. The van der Waals surface area contributed by atoms with Gasteiger partial charge in [-0.2, -0.15) is 0 Å². The quantitative estimate of drug-likeness (QED) is 0.501. The van der Waals surface area contributed by atoms with E-state index in [1.165, 1.54) is 0 Å². The third-order valence-electron chi connectivity index (χ3n) is 2.70. The van der Waals surface area contributed by atoms with Crippen LogP contribution < -0.4 is 5.32 Å². The Kier molecular flexibility index (Phi) is 0.885. The molecule has 4 heteroatoms. The largest absolute Gasteiger partial charge is 0.493 e. The van der Waals surface area contributed by atoms with Gasteiger partial charge >= 0.3 is 0 Å². The van der Waals surface area contributed by atoms with Crippen molar-refractivity contribution in [3.63, 3.8) is 0 Å². The number of allylic oxidation sites excluding steroid dienone is 1. The van der Waals surface area contributed by atoms with E-state index in [4.69, 9.17) is 4.74 Å². The highest BCUT2D eigenvalue weighted by Crippen LogP contribution is 2.44. The second-order valence-electron chi connectivity index (χ2n) is 3.33. The first-order chi connectivity index (χ1) is 5.77. The van der Waals surface area contributed by atoms with Gasteiger partial charge in [-0.05, 0) is 6.42 Å². The van der Waals surface area contributed by atoms with Crippen molar-refractivity contribution in [2.75, 3.05) is 0 Å². The topological polar surface area (TPSA) is 55.4 Å². The molecule has 0 aliphatic carbocycles. The number of hydrogen-bond acceptors (Lipinski definition) is 3. The van der Waals surface area contributed by atoms with E-state index in [-0.39, 0.29) is 23.8 Å². The van der Waals surface area contributed by atoms with Crippen molar-refractivity contribution in [3.8, 4) is 0 Å². The number of carbonyl (C=O) groups excluding carboxylic acids is 2. The summed E-state index contributed by atoms with van der Waals surface area (Å²) in [6.45, 7) is 0. The molecular weight excluding hydrogens is 158 g/mol. The van der Waals surface area contributed by atoms with Gasteiger partial charge in [0.05, 0.1) is 5.57 Å². The van der Waals surface area contributed by atoms with Crippen LogP contribution in [-0.2, 0) is 14.3 Å². The average Bonchev–Trinajstić information content (AvgIpc) is 2.64. The summed E-state index contributed by atoms with van der Waals surface area (Å²) in [5.74, 6) is 0.0199. The van der Waals surface area contributed by atoms with Gasteiger partial charge in [-0.3, -0.25) is 14.9 Å². The van der Waals surface area contributed by atoms with Crippen molar-refractivity contribution >= 4 is 11.8 Å². The molecule has 0 spiro atoms. The highest BCUT2D eigenvalue weighted by molar-refractivity contribution is 6.16. The second kappa shape index (κ2) is 1.71. The molecule has 2 saturated heterocycles. The molecule has 2 fully saturated rings. The van der Waals surface area contributed by atoms with Crippen molar-refractivity contribution < 1.29 is 14.3 Å². The number of ether oxygens (including phenoxy) is 1. The predicted octanol–water partition coefficient (Wildman–Crippen LogP) is -0.294. The highest BCUT2D eigenvalue weighted by atomic mass is 16.5. The minimum absolute atomic E-state index is 0.0542. The highest BCUT2D eigenvalue weighted by Gasteiger charge is 2.52. The Balaban J connectivity index is 2.18. The minimum Gasteiger partial charge on any atom is -0.493 e. The van der Waals surface area contributed by atoms with Crippen LogP contribution in [0.4, 0.5) is 0 Å². The van der Waals surface area contributed by atoms with Gasteiger partial charge in [-0.25, -0.2) is 0 Å². The molecular formula is C8H7NO3. The van der Waals surface area contributed by atoms with Crippen LogP contribution in [0.1, 0.15) is 12.8 Å². The number of rotatable bonds is 0. The van der Waals surface area contributed by atoms with Crippen LogP contribution in [-0.4, -0.2) is 17.9 Å². The molecule has 4 nitrogen and oxygen atoms in total. The molecule has 2 bridgehead atoms. The molecule has 3 aliphatic rings. The Hall–Kier alpha value is -1.32. The molecule has 3 rings (SSSR count). The third kappa shape index (κ3) is 0.510. The van der Waals surface area contributed by atoms with Gasteiger partial charge in [0.1, 0.15) is 17.8 Å². The SMILES string of the molecule is O=C1NC(=O)C2C1=C1CCC2O1. The monoisotopic (exact) mass is 165 g/mol. The standard InChI is InChI=1S/C8H7NO3/c10-7-5-3-1-2-4(12-3)6(5)8(11)9-7/h3,5H,1-2H2,(H,9,10,11). The van der Waals surface area contributed by atoms with Crippen molar-refractivity contribution in [2.24, 2.45) is 5.92 Å². The zero-order chi connectivity index (χ0) is 8.29. The van der Waals surface area contributed by atoms with Crippen LogP contribution in [0.2, 0.25) is 0 Å². The molecule has 3 heterocycles. The molecule has 0 radical (unpaired) electrons. The normalized spacial score (nSPS) is 37.0. The first-order valence-electron chi connectivity index (χ1n) is 4.02. The number of imide groups is 1. The van der Waals surface area contributed by atoms with Crippen molar-refractivity contribution in [2.45, 2.75) is 18.9 Å². The number of hydrogen-bond donors (Lipinski definition) is 1. The summed E-state index contributed by atoms with van der Waals surface area (Å²) in [4.78, 5) is 22.4. The molecule has 62 valence electrons. The Morgan fingerprint density at radius 3 is 3.00 bits per heavy atom. The van der Waals surface area contributed by atoms with E-state index in [1.807, 2.05) is 0 Å². The molecule has 2 amide bonds. The summed E-state index contributed by atoms with van der Waals surface area (Å²) < 4.78 is 5.38. The maximum absolute atomic E-state index is 11.2. The van der Waals surface area contributed by atoms with E-state index in [1.54, 1.807) is 0 Å². The van der Waals surface area contributed by atoms with Gasteiger partial charge in [-0.1, -0.05) is 0 Å². The molecule has 1 N–H and O–H groups in total. The number of carbonyl (C=O) groups is 2. The van der Waals surface area contributed by atoms with E-state index in [9.17, 15) is 9.59 Å². The maximum Gasteiger partial charge on any atom is 0.258 e. The maximum atomic E-state index is 11.2. The van der Waals surface area contributed by atoms with Crippen molar-refractivity contribution in [1.82, 2.24) is 5.32 Å². The van der Waals surface area contributed by atoms with Crippen LogP contribution in [0.15, 0.2) is 11.3 Å². The lowest BCUT2D eigenvalue weighted by Gasteiger charge is -2.09. The summed E-state index contributed by atoms with van der Waals surface area (Å²) in [5, 5.41) is 2.30. The average molecular weight is 165 g/mol. The Labute approximate surface area is 68.6 Å². The van der Waals surface area contributed by atoms with Gasteiger partial charge < -0.3 is 4.74 Å². The van der Waals surface area contributed by atoms with Crippen LogP contribution >= 0.6 is 0 Å². The fourth-order valence-corrected chi connectivity index (χ4v) is 2.19. The van der Waals surface area contributed by atoms with Gasteiger partial charge in [0, 0.05) is 6.42 Å². The molecule has 12 heavy (non-hydrogen) atoms. The summed E-state index contributed by atoms with van der Waals surface area (Å²) >= 11 is 0. The van der Waals surface area contributed by atoms with Gasteiger partial charge in [0.2, 0.25) is 5.91 Å². The minimum atomic E-state index is -0.291. The fourth-order valence-electron chi connectivity index (χ4n) is 2.19. The van der Waals surface area contributed by atoms with E-state index in [2.05, 4.69) is 5.32 Å². The van der Waals surface area contributed by atoms with Crippen molar-refractivity contribution in [1.29, 1.82) is 0 Å². The van der Waals surface area contributed by atoms with Gasteiger partial charge in [-0.15, -0.1) is 0 Å². The van der Waals surface area contributed by atoms with Crippen LogP contribution in [0.25, 0.3) is 0 Å². The van der Waals surface area contributed by atoms with E-state index >= 15 is 0 Å². The predicted molar refractivity (Wildman–Crippen MR) is 37.8 cm³/mol. The third-order valence-corrected chi connectivity index (χ3v) is 2.70. The summed E-state index contributed by atoms with van der Waals surface area (Å²) in [6, 6.07) is 0. The summed E-state index contributed by atoms with van der Waals surface area (Å²) in [7, 11) is 0. The Morgan fingerprint density at radius 1 is 1.42 bits per heavy atom. The first-order valence-corrected chi connectivity index (χ1v) is 4.02. The van der Waals surface area contributed by atoms with Crippen LogP contribution in [0, 0.1) is 5.92 Å². The summed E-state index contributed by atoms with van der Waals surface area (Å²) in [6.07, 6.45) is 1.64. The molecule has 0 saturated carbocycles. The number of amides is 2. The fraction of sp³-hybridized carbons (Fsp3) is 0.500. The molecule has 2 unspecified atom stereocenters. The zero-order valence-corrected chi connectivity index (χ0v) is 6.29. The molecule has 0 aromatic heterocycles. The lowest BCUT2D eigenvalue weighted by molar-refractivity contribution is -0.127. The lowest BCUT2D eigenvalue weighted by Crippen LogP contribution is -2.27. The van der Waals surface area contributed by atoms with Crippen molar-refractivity contribution in [3.05, 3.63) is 11.3 Å². The van der Waals surface area contributed by atoms with E-state index < -0.39 is 0 Å². The van der Waals surface area contributed by atoms with Gasteiger partial charge in [0.15, 0.2) is 0 Å². The van der Waals surface area contributed by atoms with Gasteiger partial charge in [0.25, 0.3) is 5.91 Å². The Bertz CT molecular complexity index is 331. The first kappa shape index (κ1) is 6.22. The molecule has 3 aliphatic heterocycles. The Morgan fingerprint density at radius 2 is 2.25 bits per heavy atom. The molecule has 0 aromatic carbocycles. The molecule has 0 aromatic rings. The number of nitrogens with one attached hydrogen (secondary N) is 1. The smallest absolute Gasteiger partial charge is 0.258 e. The van der Waals surface area contributed by atoms with Crippen LogP contribution in [0.5, 0.6) is 0 Å². The zero-order valence-electron chi connectivity index (χ0n) is 6.29. The molecule has 2 atom stereocenters. The van der Waals surface area contributed by atoms with Crippen LogP contribution in [0.3, 0.4) is 0 Å². The second-order valence-corrected chi connectivity index (χ2v) is 3.33.